The molecule has 208 valence electrons. The summed E-state index contributed by atoms with van der Waals surface area (Å²) in [6.45, 7) is 16.7. The SMILES string of the molecule is Cc1cc(-c2ccncc2N2CCN(C(=O)OC(C)(C)C)CC2)ccc1CNC(=O)c1cn(C(C)(C)C)nn1. The van der Waals surface area contributed by atoms with Crippen molar-refractivity contribution in [1.29, 1.82) is 0 Å². The fourth-order valence-electron chi connectivity index (χ4n) is 4.36. The summed E-state index contributed by atoms with van der Waals surface area (Å²) in [5.74, 6) is -0.254. The number of benzene rings is 1. The lowest BCUT2D eigenvalue weighted by molar-refractivity contribution is 0.0240. The first-order valence-corrected chi connectivity index (χ1v) is 13.3. The van der Waals surface area contributed by atoms with Crippen molar-refractivity contribution < 1.29 is 14.3 Å². The van der Waals surface area contributed by atoms with Crippen LogP contribution in [0.3, 0.4) is 0 Å². The molecule has 0 aliphatic carbocycles. The highest BCUT2D eigenvalue weighted by Crippen LogP contribution is 2.32. The Bertz CT molecular complexity index is 1330. The molecule has 0 radical (unpaired) electrons. The lowest BCUT2D eigenvalue weighted by Gasteiger charge is -2.37. The second-order valence-electron chi connectivity index (χ2n) is 11.9. The van der Waals surface area contributed by atoms with Crippen LogP contribution in [-0.4, -0.2) is 68.7 Å². The van der Waals surface area contributed by atoms with E-state index in [0.717, 1.165) is 27.9 Å². The molecule has 0 bridgehead atoms. The van der Waals surface area contributed by atoms with Gasteiger partial charge in [0.2, 0.25) is 0 Å². The molecule has 4 rings (SSSR count). The number of aryl methyl sites for hydroxylation is 1. The maximum atomic E-state index is 12.6. The van der Waals surface area contributed by atoms with Crippen LogP contribution in [0.25, 0.3) is 11.1 Å². The van der Waals surface area contributed by atoms with Gasteiger partial charge in [0.15, 0.2) is 5.69 Å². The smallest absolute Gasteiger partial charge is 0.410 e. The molecule has 39 heavy (non-hydrogen) atoms. The molecule has 0 spiro atoms. The zero-order valence-corrected chi connectivity index (χ0v) is 24.0. The zero-order valence-electron chi connectivity index (χ0n) is 24.0. The number of ether oxygens (including phenoxy) is 1. The van der Waals surface area contributed by atoms with Gasteiger partial charge in [0.05, 0.1) is 23.6 Å². The highest BCUT2D eigenvalue weighted by molar-refractivity contribution is 5.91. The van der Waals surface area contributed by atoms with E-state index in [1.807, 2.05) is 66.8 Å². The third-order valence-electron chi connectivity index (χ3n) is 6.58. The quantitative estimate of drug-likeness (QED) is 0.519. The second kappa shape index (κ2) is 11.0. The highest BCUT2D eigenvalue weighted by atomic mass is 16.6. The molecular formula is C29H39N7O3. The van der Waals surface area contributed by atoms with Crippen LogP contribution in [0.5, 0.6) is 0 Å². The van der Waals surface area contributed by atoms with Crippen molar-refractivity contribution in [3.63, 3.8) is 0 Å². The number of carbonyl (C=O) groups is 2. The molecule has 1 aliphatic rings. The van der Waals surface area contributed by atoms with Crippen molar-refractivity contribution in [3.05, 3.63) is 59.7 Å². The van der Waals surface area contributed by atoms with Crippen LogP contribution in [0.4, 0.5) is 10.5 Å². The van der Waals surface area contributed by atoms with Gasteiger partial charge in [-0.2, -0.15) is 0 Å². The van der Waals surface area contributed by atoms with E-state index in [1.54, 1.807) is 22.0 Å². The molecule has 0 unspecified atom stereocenters. The minimum atomic E-state index is -0.510. The molecule has 1 saturated heterocycles. The summed E-state index contributed by atoms with van der Waals surface area (Å²) in [4.78, 5) is 33.5. The van der Waals surface area contributed by atoms with Crippen LogP contribution < -0.4 is 10.2 Å². The third kappa shape index (κ3) is 6.93. The molecule has 10 heteroatoms. The first kappa shape index (κ1) is 28.1. The van der Waals surface area contributed by atoms with E-state index in [1.165, 1.54) is 0 Å². The van der Waals surface area contributed by atoms with Gasteiger partial charge in [-0.15, -0.1) is 5.10 Å². The summed E-state index contributed by atoms with van der Waals surface area (Å²) in [5.41, 5.74) is 4.83. The number of nitrogens with one attached hydrogen (secondary N) is 1. The van der Waals surface area contributed by atoms with Crippen molar-refractivity contribution in [2.45, 2.75) is 66.2 Å². The first-order chi connectivity index (χ1) is 18.3. The number of carbonyl (C=O) groups excluding carboxylic acids is 2. The molecule has 1 aliphatic heterocycles. The summed E-state index contributed by atoms with van der Waals surface area (Å²) >= 11 is 0. The van der Waals surface area contributed by atoms with Crippen molar-refractivity contribution in [3.8, 4) is 11.1 Å². The van der Waals surface area contributed by atoms with Gasteiger partial charge in [-0.1, -0.05) is 23.4 Å². The number of amides is 2. The van der Waals surface area contributed by atoms with Crippen LogP contribution in [0.15, 0.2) is 42.9 Å². The largest absolute Gasteiger partial charge is 0.444 e. The summed E-state index contributed by atoms with van der Waals surface area (Å²) in [7, 11) is 0. The Kier molecular flexibility index (Phi) is 7.94. The Morgan fingerprint density at radius 2 is 1.74 bits per heavy atom. The van der Waals surface area contributed by atoms with E-state index in [2.05, 4.69) is 37.6 Å². The summed E-state index contributed by atoms with van der Waals surface area (Å²) in [6, 6.07) is 8.26. The first-order valence-electron chi connectivity index (χ1n) is 13.3. The number of rotatable bonds is 5. The van der Waals surface area contributed by atoms with Crippen LogP contribution >= 0.6 is 0 Å². The van der Waals surface area contributed by atoms with Crippen molar-refractivity contribution >= 4 is 17.7 Å². The van der Waals surface area contributed by atoms with Crippen molar-refractivity contribution in [2.75, 3.05) is 31.1 Å². The number of anilines is 1. The molecule has 3 aromatic rings. The van der Waals surface area contributed by atoms with E-state index in [4.69, 9.17) is 4.74 Å². The van der Waals surface area contributed by atoms with Crippen LogP contribution in [0.2, 0.25) is 0 Å². The lowest BCUT2D eigenvalue weighted by Crippen LogP contribution is -2.50. The molecule has 2 amide bonds. The number of piperazine rings is 1. The van der Waals surface area contributed by atoms with Gasteiger partial charge in [0.25, 0.3) is 5.91 Å². The average Bonchev–Trinajstić information content (AvgIpc) is 3.38. The number of hydrogen-bond donors (Lipinski definition) is 1. The molecule has 0 atom stereocenters. The van der Waals surface area contributed by atoms with Gasteiger partial charge in [-0.3, -0.25) is 9.78 Å². The number of aromatic nitrogens is 4. The minimum absolute atomic E-state index is 0.241. The predicted molar refractivity (Wildman–Crippen MR) is 151 cm³/mol. The summed E-state index contributed by atoms with van der Waals surface area (Å²) in [5, 5.41) is 11.0. The number of hydrogen-bond acceptors (Lipinski definition) is 7. The second-order valence-corrected chi connectivity index (χ2v) is 11.9. The van der Waals surface area contributed by atoms with E-state index >= 15 is 0 Å². The van der Waals surface area contributed by atoms with E-state index < -0.39 is 5.60 Å². The van der Waals surface area contributed by atoms with Gasteiger partial charge in [-0.05, 0) is 71.2 Å². The molecule has 0 saturated carbocycles. The number of nitrogens with zero attached hydrogens (tertiary/aromatic N) is 6. The number of pyridine rings is 1. The van der Waals surface area contributed by atoms with Crippen LogP contribution in [-0.2, 0) is 16.8 Å². The fourth-order valence-corrected chi connectivity index (χ4v) is 4.36. The summed E-state index contributed by atoms with van der Waals surface area (Å²) < 4.78 is 7.22. The normalized spacial score (nSPS) is 14.3. The van der Waals surface area contributed by atoms with Crippen LogP contribution in [0, 0.1) is 6.92 Å². The van der Waals surface area contributed by atoms with Gasteiger partial charge >= 0.3 is 6.09 Å². The van der Waals surface area contributed by atoms with Gasteiger partial charge in [0, 0.05) is 44.5 Å². The van der Waals surface area contributed by atoms with Gasteiger partial charge in [0.1, 0.15) is 5.60 Å². The van der Waals surface area contributed by atoms with Gasteiger partial charge < -0.3 is 19.9 Å². The monoisotopic (exact) mass is 533 g/mol. The molecule has 1 fully saturated rings. The molecular weight excluding hydrogens is 494 g/mol. The predicted octanol–water partition coefficient (Wildman–Crippen LogP) is 4.39. The topological polar surface area (TPSA) is 105 Å². The van der Waals surface area contributed by atoms with Crippen LogP contribution in [0.1, 0.15) is 63.2 Å². The van der Waals surface area contributed by atoms with Crippen molar-refractivity contribution in [2.24, 2.45) is 0 Å². The van der Waals surface area contributed by atoms with E-state index in [9.17, 15) is 9.59 Å². The summed E-state index contributed by atoms with van der Waals surface area (Å²) in [6.07, 6.45) is 5.07. The average molecular weight is 534 g/mol. The lowest BCUT2D eigenvalue weighted by atomic mass is 9.99. The standard InChI is InChI=1S/C29H39N7O3/c1-20-16-21(8-9-22(20)17-31-26(37)24-19-36(33-32-24)28(2,3)4)23-10-11-30-18-25(23)34-12-14-35(15-13-34)27(38)39-29(5,6)7/h8-11,16,18-19H,12-15,17H2,1-7H3,(H,31,37). The highest BCUT2D eigenvalue weighted by Gasteiger charge is 2.27. The maximum Gasteiger partial charge on any atom is 0.410 e. The van der Waals surface area contributed by atoms with Crippen molar-refractivity contribution in [1.82, 2.24) is 30.2 Å². The van der Waals surface area contributed by atoms with E-state index in [-0.39, 0.29) is 17.5 Å². The fraction of sp³-hybridized carbons (Fsp3) is 0.483. The molecule has 1 N–H and O–H groups in total. The molecule has 3 heterocycles. The van der Waals surface area contributed by atoms with Gasteiger partial charge in [-0.25, -0.2) is 9.48 Å². The Balaban J connectivity index is 1.42. The molecule has 2 aromatic heterocycles. The molecule has 10 nitrogen and oxygen atoms in total. The third-order valence-corrected chi connectivity index (χ3v) is 6.58. The molecule has 1 aromatic carbocycles. The zero-order chi connectivity index (χ0) is 28.4. The van der Waals surface area contributed by atoms with E-state index in [0.29, 0.717) is 38.4 Å². The Morgan fingerprint density at radius 3 is 2.36 bits per heavy atom. The Morgan fingerprint density at radius 1 is 1.03 bits per heavy atom. The Hall–Kier alpha value is -3.95. The minimum Gasteiger partial charge on any atom is -0.444 e. The maximum absolute atomic E-state index is 12.6. The Labute approximate surface area is 230 Å².